The van der Waals surface area contributed by atoms with Gasteiger partial charge >= 0.3 is 0 Å². The van der Waals surface area contributed by atoms with Crippen molar-refractivity contribution in [3.8, 4) is 0 Å². The summed E-state index contributed by atoms with van der Waals surface area (Å²) in [4.78, 5) is 0. The predicted octanol–water partition coefficient (Wildman–Crippen LogP) is 5.03. The monoisotopic (exact) mass is 239 g/mol. The van der Waals surface area contributed by atoms with Gasteiger partial charge in [0.25, 0.3) is 0 Å². The topological polar surface area (TPSA) is 26.0 Å². The fraction of sp³-hybridized carbons (Fsp3) is 1.00. The minimum Gasteiger partial charge on any atom is -0.327 e. The molecule has 1 unspecified atom stereocenters. The zero-order chi connectivity index (χ0) is 12.3. The molecule has 1 rings (SSSR count). The van der Waals surface area contributed by atoms with Crippen molar-refractivity contribution in [1.82, 2.24) is 0 Å². The van der Waals surface area contributed by atoms with Gasteiger partial charge in [0.05, 0.1) is 0 Å². The molecule has 1 heteroatoms. The van der Waals surface area contributed by atoms with Crippen molar-refractivity contribution < 1.29 is 0 Å². The van der Waals surface area contributed by atoms with Crippen LogP contribution in [0.2, 0.25) is 0 Å². The van der Waals surface area contributed by atoms with E-state index in [2.05, 4.69) is 6.92 Å². The van der Waals surface area contributed by atoms with Gasteiger partial charge in [-0.15, -0.1) is 0 Å². The average Bonchev–Trinajstić information content (AvgIpc) is 2.30. The Labute approximate surface area is 109 Å². The molecule has 2 N–H and O–H groups in total. The first-order valence-corrected chi connectivity index (χ1v) is 8.10. The van der Waals surface area contributed by atoms with E-state index in [-0.39, 0.29) is 0 Å². The van der Waals surface area contributed by atoms with Crippen molar-refractivity contribution in [2.24, 2.45) is 11.7 Å². The quantitative estimate of drug-likeness (QED) is 0.734. The Morgan fingerprint density at radius 2 is 1.24 bits per heavy atom. The molecular weight excluding hydrogens is 206 g/mol. The average molecular weight is 239 g/mol. The molecule has 0 aromatic heterocycles. The summed E-state index contributed by atoms with van der Waals surface area (Å²) in [5.41, 5.74) is 6.34. The van der Waals surface area contributed by atoms with Gasteiger partial charge in [-0.3, -0.25) is 0 Å². The largest absolute Gasteiger partial charge is 0.327 e. The molecule has 0 saturated heterocycles. The van der Waals surface area contributed by atoms with Crippen molar-refractivity contribution in [1.29, 1.82) is 0 Å². The van der Waals surface area contributed by atoms with Crippen LogP contribution in [0.3, 0.4) is 0 Å². The number of nitrogens with two attached hydrogens (primary N) is 1. The van der Waals surface area contributed by atoms with E-state index in [1.807, 2.05) is 0 Å². The molecule has 0 aromatic rings. The van der Waals surface area contributed by atoms with Gasteiger partial charge in [-0.1, -0.05) is 71.1 Å². The van der Waals surface area contributed by atoms with Crippen LogP contribution in [0.5, 0.6) is 0 Å². The van der Waals surface area contributed by atoms with Crippen molar-refractivity contribution in [2.45, 2.75) is 96.4 Å². The first-order valence-electron chi connectivity index (χ1n) is 8.10. The predicted molar refractivity (Wildman–Crippen MR) is 77.2 cm³/mol. The highest BCUT2D eigenvalue weighted by Crippen LogP contribution is 2.24. The van der Waals surface area contributed by atoms with Crippen molar-refractivity contribution in [3.05, 3.63) is 0 Å². The van der Waals surface area contributed by atoms with Gasteiger partial charge in [0, 0.05) is 6.04 Å². The third kappa shape index (κ3) is 7.08. The maximum Gasteiger partial charge on any atom is 0.00670 e. The van der Waals surface area contributed by atoms with E-state index in [4.69, 9.17) is 5.73 Å². The number of rotatable bonds is 3. The SMILES string of the molecule is CCCC(N)C1CCCCCCCCCCC1. The van der Waals surface area contributed by atoms with Crippen LogP contribution in [-0.4, -0.2) is 6.04 Å². The highest BCUT2D eigenvalue weighted by atomic mass is 14.6. The van der Waals surface area contributed by atoms with Gasteiger partial charge in [-0.05, 0) is 25.2 Å². The van der Waals surface area contributed by atoms with Gasteiger partial charge in [0.1, 0.15) is 0 Å². The summed E-state index contributed by atoms with van der Waals surface area (Å²) in [7, 11) is 0. The third-order valence-electron chi connectivity index (χ3n) is 4.38. The summed E-state index contributed by atoms with van der Waals surface area (Å²) in [5, 5.41) is 0. The molecule has 0 aliphatic heterocycles. The summed E-state index contributed by atoms with van der Waals surface area (Å²) >= 11 is 0. The second kappa shape index (κ2) is 9.94. The van der Waals surface area contributed by atoms with Crippen LogP contribution in [0.4, 0.5) is 0 Å². The Balaban J connectivity index is 2.31. The molecule has 102 valence electrons. The van der Waals surface area contributed by atoms with Crippen LogP contribution in [0, 0.1) is 5.92 Å². The molecule has 1 aliphatic carbocycles. The lowest BCUT2D eigenvalue weighted by molar-refractivity contribution is 0.323. The van der Waals surface area contributed by atoms with E-state index >= 15 is 0 Å². The zero-order valence-electron chi connectivity index (χ0n) is 11.9. The minimum atomic E-state index is 0.475. The molecule has 0 spiro atoms. The molecule has 1 fully saturated rings. The van der Waals surface area contributed by atoms with Gasteiger partial charge < -0.3 is 5.73 Å². The Morgan fingerprint density at radius 3 is 1.65 bits per heavy atom. The van der Waals surface area contributed by atoms with E-state index in [1.165, 1.54) is 83.5 Å². The van der Waals surface area contributed by atoms with E-state index in [9.17, 15) is 0 Å². The van der Waals surface area contributed by atoms with Crippen molar-refractivity contribution in [2.75, 3.05) is 0 Å². The summed E-state index contributed by atoms with van der Waals surface area (Å²) in [6, 6.07) is 0.475. The minimum absolute atomic E-state index is 0.475. The molecule has 0 bridgehead atoms. The van der Waals surface area contributed by atoms with Gasteiger partial charge in [0.2, 0.25) is 0 Å². The van der Waals surface area contributed by atoms with Gasteiger partial charge in [-0.25, -0.2) is 0 Å². The summed E-state index contributed by atoms with van der Waals surface area (Å²) in [6.07, 6.45) is 18.3. The molecule has 1 atom stereocenters. The fourth-order valence-electron chi connectivity index (χ4n) is 3.19. The molecule has 0 aromatic carbocycles. The molecule has 0 amide bonds. The lowest BCUT2D eigenvalue weighted by atomic mass is 9.86. The van der Waals surface area contributed by atoms with Crippen LogP contribution in [0.1, 0.15) is 90.4 Å². The Bertz CT molecular complexity index is 155. The molecule has 0 radical (unpaired) electrons. The van der Waals surface area contributed by atoms with Crippen LogP contribution in [0.25, 0.3) is 0 Å². The Hall–Kier alpha value is -0.0400. The molecule has 1 aliphatic rings. The maximum atomic E-state index is 6.34. The molecular formula is C16H33N. The summed E-state index contributed by atoms with van der Waals surface area (Å²) < 4.78 is 0. The molecule has 1 nitrogen and oxygen atoms in total. The number of hydrogen-bond acceptors (Lipinski definition) is 1. The summed E-state index contributed by atoms with van der Waals surface area (Å²) in [5.74, 6) is 0.814. The first kappa shape index (κ1) is 15.0. The molecule has 1 saturated carbocycles. The van der Waals surface area contributed by atoms with Crippen LogP contribution < -0.4 is 5.73 Å². The highest BCUT2D eigenvalue weighted by Gasteiger charge is 2.16. The fourth-order valence-corrected chi connectivity index (χ4v) is 3.19. The van der Waals surface area contributed by atoms with Crippen LogP contribution in [-0.2, 0) is 0 Å². The van der Waals surface area contributed by atoms with Crippen molar-refractivity contribution in [3.63, 3.8) is 0 Å². The number of hydrogen-bond donors (Lipinski definition) is 1. The second-order valence-electron chi connectivity index (χ2n) is 5.97. The highest BCUT2D eigenvalue weighted by molar-refractivity contribution is 4.73. The Kier molecular flexibility index (Phi) is 8.78. The Morgan fingerprint density at radius 1 is 0.824 bits per heavy atom. The molecule has 17 heavy (non-hydrogen) atoms. The third-order valence-corrected chi connectivity index (χ3v) is 4.38. The van der Waals surface area contributed by atoms with E-state index < -0.39 is 0 Å². The standard InChI is InChI=1S/C16H33N/c1-2-12-16(17)15-13-10-8-6-4-3-5-7-9-11-14-15/h15-16H,2-14,17H2,1H3. The van der Waals surface area contributed by atoms with E-state index in [1.54, 1.807) is 0 Å². The maximum absolute atomic E-state index is 6.34. The summed E-state index contributed by atoms with van der Waals surface area (Å²) in [6.45, 7) is 2.26. The second-order valence-corrected chi connectivity index (χ2v) is 5.97. The van der Waals surface area contributed by atoms with E-state index in [0.717, 1.165) is 5.92 Å². The molecule has 0 heterocycles. The van der Waals surface area contributed by atoms with Crippen LogP contribution in [0.15, 0.2) is 0 Å². The van der Waals surface area contributed by atoms with Gasteiger partial charge in [-0.2, -0.15) is 0 Å². The van der Waals surface area contributed by atoms with Crippen LogP contribution >= 0.6 is 0 Å². The lowest BCUT2D eigenvalue weighted by Gasteiger charge is -2.24. The van der Waals surface area contributed by atoms with Crippen molar-refractivity contribution >= 4 is 0 Å². The van der Waals surface area contributed by atoms with E-state index in [0.29, 0.717) is 6.04 Å². The zero-order valence-corrected chi connectivity index (χ0v) is 11.9. The lowest BCUT2D eigenvalue weighted by Crippen LogP contribution is -2.30. The smallest absolute Gasteiger partial charge is 0.00670 e. The van der Waals surface area contributed by atoms with Gasteiger partial charge in [0.15, 0.2) is 0 Å². The first-order chi connectivity index (χ1) is 8.34. The normalized spacial score (nSPS) is 23.6.